The maximum atomic E-state index is 11.5. The maximum absolute atomic E-state index is 11.5. The van der Waals surface area contributed by atoms with Crippen LogP contribution in [0.3, 0.4) is 0 Å². The highest BCUT2D eigenvalue weighted by Gasteiger charge is 2.15. The lowest BCUT2D eigenvalue weighted by atomic mass is 10.0. The summed E-state index contributed by atoms with van der Waals surface area (Å²) in [5.74, 6) is 0.894. The van der Waals surface area contributed by atoms with Crippen molar-refractivity contribution in [1.82, 2.24) is 10.6 Å². The van der Waals surface area contributed by atoms with Crippen LogP contribution in [0.1, 0.15) is 39.7 Å². The van der Waals surface area contributed by atoms with Gasteiger partial charge < -0.3 is 20.1 Å². The number of alkyl carbamates (subject to hydrolysis) is 1. The van der Waals surface area contributed by atoms with Crippen molar-refractivity contribution in [3.8, 4) is 5.75 Å². The maximum Gasteiger partial charge on any atom is 0.407 e. The van der Waals surface area contributed by atoms with Crippen LogP contribution in [0.25, 0.3) is 0 Å². The molecule has 0 aliphatic heterocycles. The largest absolute Gasteiger partial charge is 0.494 e. The van der Waals surface area contributed by atoms with Crippen LogP contribution in [0.4, 0.5) is 4.79 Å². The van der Waals surface area contributed by atoms with Gasteiger partial charge in [0.15, 0.2) is 0 Å². The van der Waals surface area contributed by atoms with Crippen LogP contribution < -0.4 is 15.4 Å². The van der Waals surface area contributed by atoms with E-state index in [1.165, 1.54) is 0 Å². The van der Waals surface area contributed by atoms with Gasteiger partial charge in [-0.1, -0.05) is 12.1 Å². The number of ether oxygens (including phenoxy) is 2. The van der Waals surface area contributed by atoms with E-state index in [0.717, 1.165) is 11.3 Å². The molecule has 6 nitrogen and oxygen atoms in total. The van der Waals surface area contributed by atoms with E-state index in [1.807, 2.05) is 45.0 Å². The number of hydrogen-bond donors (Lipinski definition) is 2. The molecule has 0 saturated carbocycles. The molecule has 0 aliphatic carbocycles. The summed E-state index contributed by atoms with van der Waals surface area (Å²) in [6.45, 7) is 8.07. The lowest BCUT2D eigenvalue weighted by Crippen LogP contribution is -2.34. The predicted molar refractivity (Wildman–Crippen MR) is 98.0 cm³/mol. The van der Waals surface area contributed by atoms with Crippen LogP contribution in [-0.4, -0.2) is 43.7 Å². The molecule has 1 atom stereocenters. The quantitative estimate of drug-likeness (QED) is 0.670. The first kappa shape index (κ1) is 21.0. The van der Waals surface area contributed by atoms with E-state index in [0.29, 0.717) is 26.0 Å². The number of carbonyl (C=O) groups is 2. The molecular weight excluding hydrogens is 320 g/mol. The Balaban J connectivity index is 2.28. The van der Waals surface area contributed by atoms with Gasteiger partial charge in [-0.2, -0.15) is 0 Å². The number of ketones is 1. The molecule has 0 aliphatic rings. The molecule has 140 valence electrons. The number of hydrogen-bond acceptors (Lipinski definition) is 5. The second-order valence-electron chi connectivity index (χ2n) is 6.93. The van der Waals surface area contributed by atoms with Gasteiger partial charge in [0.2, 0.25) is 0 Å². The van der Waals surface area contributed by atoms with E-state index in [9.17, 15) is 9.59 Å². The van der Waals surface area contributed by atoms with Crippen LogP contribution >= 0.6 is 0 Å². The number of nitrogens with one attached hydrogen (secondary N) is 2. The molecule has 1 aromatic rings. The second kappa shape index (κ2) is 10.0. The van der Waals surface area contributed by atoms with Gasteiger partial charge >= 0.3 is 6.09 Å². The Kier molecular flexibility index (Phi) is 8.41. The Morgan fingerprint density at radius 1 is 1.16 bits per heavy atom. The Bertz CT molecular complexity index is 550. The number of carbonyl (C=O) groups excluding carboxylic acids is 2. The number of benzene rings is 1. The van der Waals surface area contributed by atoms with Gasteiger partial charge in [0, 0.05) is 6.54 Å². The minimum atomic E-state index is -0.489. The molecule has 0 saturated heterocycles. The lowest BCUT2D eigenvalue weighted by Gasteiger charge is -2.19. The summed E-state index contributed by atoms with van der Waals surface area (Å²) in [4.78, 5) is 22.9. The topological polar surface area (TPSA) is 76.7 Å². The van der Waals surface area contributed by atoms with E-state index in [4.69, 9.17) is 9.47 Å². The van der Waals surface area contributed by atoms with Crippen molar-refractivity contribution in [2.45, 2.75) is 52.2 Å². The molecule has 0 aromatic heterocycles. The Morgan fingerprint density at radius 3 is 2.32 bits per heavy atom. The molecule has 0 bridgehead atoms. The molecule has 2 N–H and O–H groups in total. The minimum absolute atomic E-state index is 0.125. The SMILES string of the molecule is CN[C@H](Cc1ccc(OCCCNC(=O)OC(C)(C)C)cc1)C(C)=O. The van der Waals surface area contributed by atoms with Crippen LogP contribution in [-0.2, 0) is 16.0 Å². The predicted octanol–water partition coefficient (Wildman–Crippen LogP) is 2.70. The summed E-state index contributed by atoms with van der Waals surface area (Å²) < 4.78 is 10.8. The van der Waals surface area contributed by atoms with Crippen molar-refractivity contribution in [2.24, 2.45) is 0 Å². The monoisotopic (exact) mass is 350 g/mol. The first-order chi connectivity index (χ1) is 11.7. The summed E-state index contributed by atoms with van der Waals surface area (Å²) in [6, 6.07) is 7.54. The van der Waals surface area contributed by atoms with Crippen molar-refractivity contribution in [2.75, 3.05) is 20.2 Å². The van der Waals surface area contributed by atoms with Gasteiger partial charge in [0.25, 0.3) is 0 Å². The van der Waals surface area contributed by atoms with Gasteiger partial charge in [0.05, 0.1) is 12.6 Å². The third-order valence-electron chi connectivity index (χ3n) is 3.46. The summed E-state index contributed by atoms with van der Waals surface area (Å²) in [7, 11) is 1.79. The van der Waals surface area contributed by atoms with Gasteiger partial charge in [-0.3, -0.25) is 4.79 Å². The highest BCUT2D eigenvalue weighted by molar-refractivity contribution is 5.81. The Hall–Kier alpha value is -2.08. The van der Waals surface area contributed by atoms with E-state index in [1.54, 1.807) is 14.0 Å². The first-order valence-corrected chi connectivity index (χ1v) is 8.57. The standard InChI is InChI=1S/C19H30N2O4/c1-14(22)17(20-5)13-15-7-9-16(10-8-15)24-12-6-11-21-18(23)25-19(2,3)4/h7-10,17,20H,6,11-13H2,1-5H3,(H,21,23)/t17-/m1/s1. The molecule has 6 heteroatoms. The fourth-order valence-corrected chi connectivity index (χ4v) is 2.17. The van der Waals surface area contributed by atoms with Crippen LogP contribution in [0.5, 0.6) is 5.75 Å². The molecule has 1 aromatic carbocycles. The fourth-order valence-electron chi connectivity index (χ4n) is 2.17. The van der Waals surface area contributed by atoms with Crippen LogP contribution in [0, 0.1) is 0 Å². The number of rotatable bonds is 9. The Labute approximate surface area is 150 Å². The molecule has 1 amide bonds. The molecule has 0 spiro atoms. The highest BCUT2D eigenvalue weighted by atomic mass is 16.6. The van der Waals surface area contributed by atoms with Crippen molar-refractivity contribution in [3.05, 3.63) is 29.8 Å². The van der Waals surface area contributed by atoms with Crippen molar-refractivity contribution < 1.29 is 19.1 Å². The van der Waals surface area contributed by atoms with Crippen LogP contribution in [0.15, 0.2) is 24.3 Å². The molecular formula is C19H30N2O4. The average molecular weight is 350 g/mol. The van der Waals surface area contributed by atoms with E-state index in [-0.39, 0.29) is 11.8 Å². The molecule has 0 radical (unpaired) electrons. The Morgan fingerprint density at radius 2 is 1.80 bits per heavy atom. The number of likely N-dealkylation sites (N-methyl/N-ethyl adjacent to an activating group) is 1. The minimum Gasteiger partial charge on any atom is -0.494 e. The molecule has 1 rings (SSSR count). The average Bonchev–Trinajstić information content (AvgIpc) is 2.51. The van der Waals surface area contributed by atoms with Gasteiger partial charge in [-0.15, -0.1) is 0 Å². The summed E-state index contributed by atoms with van der Waals surface area (Å²) >= 11 is 0. The number of amides is 1. The zero-order chi connectivity index (χ0) is 18.9. The summed E-state index contributed by atoms with van der Waals surface area (Å²) in [5, 5.41) is 5.70. The molecule has 0 fully saturated rings. The van der Waals surface area contributed by atoms with Crippen molar-refractivity contribution >= 4 is 11.9 Å². The highest BCUT2D eigenvalue weighted by Crippen LogP contribution is 2.14. The molecule has 25 heavy (non-hydrogen) atoms. The van der Waals surface area contributed by atoms with E-state index >= 15 is 0 Å². The van der Waals surface area contributed by atoms with Crippen molar-refractivity contribution in [1.29, 1.82) is 0 Å². The first-order valence-electron chi connectivity index (χ1n) is 8.57. The third kappa shape index (κ3) is 9.10. The van der Waals surface area contributed by atoms with Crippen molar-refractivity contribution in [3.63, 3.8) is 0 Å². The fraction of sp³-hybridized carbons (Fsp3) is 0.579. The zero-order valence-electron chi connectivity index (χ0n) is 15.8. The lowest BCUT2D eigenvalue weighted by molar-refractivity contribution is -0.118. The smallest absolute Gasteiger partial charge is 0.407 e. The molecule has 0 heterocycles. The van der Waals surface area contributed by atoms with Gasteiger partial charge in [0.1, 0.15) is 17.1 Å². The number of Topliss-reactive ketones (excluding diaryl/α,β-unsaturated/α-hetero) is 1. The normalized spacial score (nSPS) is 12.4. The van der Waals surface area contributed by atoms with Crippen LogP contribution in [0.2, 0.25) is 0 Å². The summed E-state index contributed by atoms with van der Waals surface area (Å²) in [5.41, 5.74) is 0.588. The van der Waals surface area contributed by atoms with Gasteiger partial charge in [-0.25, -0.2) is 4.79 Å². The zero-order valence-corrected chi connectivity index (χ0v) is 15.8. The van der Waals surface area contributed by atoms with E-state index in [2.05, 4.69) is 10.6 Å². The summed E-state index contributed by atoms with van der Waals surface area (Å²) in [6.07, 6.45) is 0.931. The second-order valence-corrected chi connectivity index (χ2v) is 6.93. The third-order valence-corrected chi connectivity index (χ3v) is 3.46. The molecule has 0 unspecified atom stereocenters. The van der Waals surface area contributed by atoms with E-state index < -0.39 is 11.7 Å². The van der Waals surface area contributed by atoms with Gasteiger partial charge in [-0.05, 0) is 65.3 Å².